The van der Waals surface area contributed by atoms with Gasteiger partial charge in [-0.25, -0.2) is 12.9 Å². The molecule has 0 aromatic rings. The summed E-state index contributed by atoms with van der Waals surface area (Å²) in [6.07, 6.45) is -0.127. The van der Waals surface area contributed by atoms with Gasteiger partial charge in [0.1, 0.15) is 0 Å². The summed E-state index contributed by atoms with van der Waals surface area (Å²) in [7, 11) is -2.82. The van der Waals surface area contributed by atoms with E-state index in [2.05, 4.69) is 9.04 Å². The second kappa shape index (κ2) is 9.87. The van der Waals surface area contributed by atoms with Crippen molar-refractivity contribution >= 4 is 16.3 Å². The number of hydrogen-bond acceptors (Lipinski definition) is 4. The first-order valence-electron chi connectivity index (χ1n) is 5.61. The van der Waals surface area contributed by atoms with Gasteiger partial charge in [-0.15, -0.1) is 0 Å². The van der Waals surface area contributed by atoms with Crippen LogP contribution in [-0.2, 0) is 14.9 Å². The highest BCUT2D eigenvalue weighted by molar-refractivity contribution is 7.88. The fourth-order valence-corrected chi connectivity index (χ4v) is 1.58. The molecule has 20 heavy (non-hydrogen) atoms. The minimum absolute atomic E-state index is 0.127. The zero-order valence-corrected chi connectivity index (χ0v) is 12.6. The third kappa shape index (κ3) is 6.81. The fraction of sp³-hybridized carbons (Fsp3) is 0.875. The highest BCUT2D eigenvalue weighted by Crippen LogP contribution is 2.07. The lowest BCUT2D eigenvalue weighted by Crippen LogP contribution is -2.52. The van der Waals surface area contributed by atoms with Crippen molar-refractivity contribution in [3.63, 3.8) is 0 Å². The van der Waals surface area contributed by atoms with E-state index in [0.29, 0.717) is 4.48 Å². The Kier molecular flexibility index (Phi) is 10.0. The average Bonchev–Trinajstić information content (AvgIpc) is 2.41. The molecule has 0 spiro atoms. The molecule has 0 saturated heterocycles. The van der Waals surface area contributed by atoms with Gasteiger partial charge in [-0.05, 0) is 31.8 Å². The van der Waals surface area contributed by atoms with E-state index in [1.165, 1.54) is 7.11 Å². The van der Waals surface area contributed by atoms with E-state index >= 15 is 0 Å². The Labute approximate surface area is 117 Å². The summed E-state index contributed by atoms with van der Waals surface area (Å²) < 4.78 is 29.5. The maximum Gasteiger partial charge on any atom is 0.515 e. The summed E-state index contributed by atoms with van der Waals surface area (Å²) in [5, 5.41) is 0. The Morgan fingerprint density at radius 1 is 1.10 bits per heavy atom. The molecule has 0 fully saturated rings. The normalized spacial score (nSPS) is 10.2. The largest absolute Gasteiger partial charge is 0.515 e. The van der Waals surface area contributed by atoms with Crippen molar-refractivity contribution in [2.75, 3.05) is 26.7 Å². The van der Waals surface area contributed by atoms with Crippen LogP contribution in [0.1, 0.15) is 20.8 Å². The number of amides is 1. The number of quaternary nitrogens is 1. The minimum atomic E-state index is -4.27. The van der Waals surface area contributed by atoms with Crippen LogP contribution in [0.3, 0.4) is 0 Å². The van der Waals surface area contributed by atoms with Gasteiger partial charge in [-0.3, -0.25) is 0 Å². The zero-order chi connectivity index (χ0) is 16.2. The summed E-state index contributed by atoms with van der Waals surface area (Å²) in [5.74, 6) is 0. The molecule has 0 unspecified atom stereocenters. The number of methoxy groups -OCH3 is 1. The van der Waals surface area contributed by atoms with Crippen molar-refractivity contribution in [1.29, 1.82) is 0 Å². The van der Waals surface area contributed by atoms with Crippen molar-refractivity contribution in [1.82, 2.24) is 0 Å². The summed E-state index contributed by atoms with van der Waals surface area (Å²) in [5.41, 5.74) is 15.0. The maximum atomic E-state index is 11.3. The molecule has 0 aliphatic heterocycles. The monoisotopic (exact) mass is 308 g/mol. The van der Waals surface area contributed by atoms with Crippen molar-refractivity contribution in [2.45, 2.75) is 20.8 Å². The van der Waals surface area contributed by atoms with Crippen molar-refractivity contribution in [2.24, 2.45) is 9.04 Å². The predicted molar refractivity (Wildman–Crippen MR) is 71.5 cm³/mol. The Balaban J connectivity index is 0. The highest BCUT2D eigenvalue weighted by Gasteiger charge is 2.32. The second-order valence-corrected chi connectivity index (χ2v) is 4.58. The Morgan fingerprint density at radius 2 is 1.45 bits per heavy atom. The summed E-state index contributed by atoms with van der Waals surface area (Å²) in [6.45, 7) is 8.43. The molecule has 12 heteroatoms. The lowest BCUT2D eigenvalue weighted by atomic mass is 10.4. The molecule has 0 radical (unpaired) electrons. The first-order valence-corrected chi connectivity index (χ1v) is 7.01. The zero-order valence-electron chi connectivity index (χ0n) is 11.8. The van der Waals surface area contributed by atoms with E-state index in [1.54, 1.807) is 0 Å². The summed E-state index contributed by atoms with van der Waals surface area (Å²) in [6, 6.07) is 0. The quantitative estimate of drug-likeness (QED) is 0.330. The van der Waals surface area contributed by atoms with E-state index in [0.717, 1.165) is 19.6 Å². The molecule has 114 valence electrons. The van der Waals surface area contributed by atoms with Gasteiger partial charge in [0.25, 0.3) is 0 Å². The van der Waals surface area contributed by atoms with Crippen LogP contribution in [0.4, 0.5) is 4.79 Å². The van der Waals surface area contributed by atoms with E-state index in [9.17, 15) is 13.2 Å². The molecule has 0 aliphatic carbocycles. The summed E-state index contributed by atoms with van der Waals surface area (Å²) >= 11 is 0. The standard InChI is InChI=1S/C8H18NO2.N6O2S/c1-5-9(6-2,7-3)8(10)11-4;1-3-5-9(7,8)6-4-2/h5-7H2,1-4H3;/q+1;. The van der Waals surface area contributed by atoms with Gasteiger partial charge in [0.15, 0.2) is 0 Å². The van der Waals surface area contributed by atoms with Crippen LogP contribution in [0.25, 0.3) is 20.9 Å². The number of azide groups is 1. The second-order valence-electron chi connectivity index (χ2n) is 3.35. The molecule has 0 bridgehead atoms. The number of carbonyl (C=O) groups excluding carboxylic acids is 1. The van der Waals surface area contributed by atoms with E-state index in [4.69, 9.17) is 15.8 Å². The van der Waals surface area contributed by atoms with Gasteiger partial charge in [0.05, 0.1) is 26.7 Å². The van der Waals surface area contributed by atoms with Gasteiger partial charge < -0.3 is 4.74 Å². The topological polar surface area (TPSA) is 158 Å². The minimum Gasteiger partial charge on any atom is -0.423 e. The van der Waals surface area contributed by atoms with Crippen LogP contribution < -0.4 is 0 Å². The number of hydrogen-bond donors (Lipinski definition) is 0. The first kappa shape index (κ1) is 20.3. The molecule has 11 nitrogen and oxygen atoms in total. The Bertz CT molecular complexity index is 469. The van der Waals surface area contributed by atoms with Gasteiger partial charge in [0.2, 0.25) is 0 Å². The van der Waals surface area contributed by atoms with Crippen molar-refractivity contribution in [3.05, 3.63) is 20.9 Å². The maximum absolute atomic E-state index is 11.3. The molecule has 0 saturated carbocycles. The number of rotatable bonds is 5. The lowest BCUT2D eigenvalue weighted by molar-refractivity contribution is -0.852. The SMILES string of the molecule is CC[N+](CC)(CC)C(=O)OC.[N-]=[N+]=NS(=O)(=O)N=[N+]=[N-]. The molecule has 0 N–H and O–H groups in total. The molecule has 0 rings (SSSR count). The van der Waals surface area contributed by atoms with Crippen LogP contribution in [0.5, 0.6) is 0 Å². The van der Waals surface area contributed by atoms with Crippen LogP contribution in [0.2, 0.25) is 0 Å². The van der Waals surface area contributed by atoms with Crippen LogP contribution in [-0.4, -0.2) is 45.7 Å². The third-order valence-corrected chi connectivity index (χ3v) is 3.22. The molecular weight excluding hydrogens is 290 g/mol. The van der Waals surface area contributed by atoms with Gasteiger partial charge in [-0.1, -0.05) is 0 Å². The molecule has 0 aliphatic rings. The molecule has 0 heterocycles. The number of carbonyl (C=O) groups is 1. The van der Waals surface area contributed by atoms with Crippen molar-refractivity contribution < 1.29 is 22.4 Å². The lowest BCUT2D eigenvalue weighted by Gasteiger charge is -2.30. The Morgan fingerprint density at radius 3 is 1.60 bits per heavy atom. The van der Waals surface area contributed by atoms with E-state index in [-0.39, 0.29) is 6.09 Å². The summed E-state index contributed by atoms with van der Waals surface area (Å²) in [4.78, 5) is 15.1. The van der Waals surface area contributed by atoms with Gasteiger partial charge in [0, 0.05) is 18.9 Å². The fourth-order valence-electron chi connectivity index (χ4n) is 1.36. The Hall–Kier alpha value is -2.00. The van der Waals surface area contributed by atoms with E-state index in [1.807, 2.05) is 30.6 Å². The van der Waals surface area contributed by atoms with Crippen LogP contribution in [0, 0.1) is 0 Å². The molecular formula is C8H18N7O4S+. The number of ether oxygens (including phenoxy) is 1. The van der Waals surface area contributed by atoms with Crippen LogP contribution in [0.15, 0.2) is 9.04 Å². The van der Waals surface area contributed by atoms with E-state index < -0.39 is 10.2 Å². The first-order chi connectivity index (χ1) is 9.28. The van der Waals surface area contributed by atoms with Gasteiger partial charge in [-0.2, -0.15) is 4.79 Å². The average molecular weight is 308 g/mol. The molecule has 0 atom stereocenters. The van der Waals surface area contributed by atoms with Gasteiger partial charge >= 0.3 is 16.3 Å². The smallest absolute Gasteiger partial charge is 0.423 e. The third-order valence-electron chi connectivity index (χ3n) is 2.66. The highest BCUT2D eigenvalue weighted by atomic mass is 32.2. The molecule has 0 aromatic heterocycles. The van der Waals surface area contributed by atoms with Crippen molar-refractivity contribution in [3.8, 4) is 0 Å². The molecule has 1 amide bonds. The molecule has 0 aromatic carbocycles. The number of nitrogens with zero attached hydrogens (tertiary/aromatic N) is 7. The predicted octanol–water partition coefficient (Wildman–Crippen LogP) is 2.48. The van der Waals surface area contributed by atoms with Crippen LogP contribution >= 0.6 is 0 Å².